The van der Waals surface area contributed by atoms with Crippen molar-refractivity contribution < 1.29 is 93.9 Å². The molecule has 3 heterocycles. The largest absolute Gasteiger partial charge is 0.394 e. The van der Waals surface area contributed by atoms with Gasteiger partial charge in [-0.25, -0.2) is 0 Å². The molecular weight excluding hydrogens is 847 g/mol. The molecule has 0 saturated carbocycles. The fourth-order valence-corrected chi connectivity index (χ4v) is 7.63. The van der Waals surface area contributed by atoms with E-state index in [1.807, 2.05) is 0 Å². The lowest BCUT2D eigenvalue weighted by Crippen LogP contribution is -2.65. The normalized spacial score (nSPS) is 33.6. The predicted octanol–water partition coefficient (Wildman–Crippen LogP) is -2.63. The van der Waals surface area contributed by atoms with Crippen molar-refractivity contribution in [2.75, 3.05) is 33.0 Å². The van der Waals surface area contributed by atoms with Crippen LogP contribution in [0.25, 0.3) is 0 Å². The molecule has 0 aromatic carbocycles. The van der Waals surface area contributed by atoms with Crippen molar-refractivity contribution in [3.8, 4) is 0 Å². The van der Waals surface area contributed by atoms with Crippen LogP contribution in [0.4, 0.5) is 0 Å². The Morgan fingerprint density at radius 2 is 1.19 bits per heavy atom. The Bertz CT molecular complexity index is 1350. The Balaban J connectivity index is 1.62. The summed E-state index contributed by atoms with van der Waals surface area (Å²) in [5.74, 6) is -0.947. The highest BCUT2D eigenvalue weighted by Gasteiger charge is 2.52. The standard InChI is InChI=1S/C42H74BN2O19/c1-3-5-6-7-8-9-10-11-12-13-14-15-29(49)45-24(16-17-28(48)43-18-4-2)39(58)44-19-20-59-41-37(57)38(64-42-36(56)34(54)31(51)26(22-47)62-42)32(52)27(63-41)23-60-40-35(55)33(53)30(50)25(21-46)61-40/h4,24-27,30-38,40-42,46-47,50-57H,2-3,5-23H2,1H3,(H,44,58)(H,45,49)/t24-,25+,26+,27+,30+,31+,32+,33-,34-,35-,36-,37-,38-,40-,41-,42+/m0/s1. The van der Waals surface area contributed by atoms with Gasteiger partial charge in [0, 0.05) is 13.0 Å². The summed E-state index contributed by atoms with van der Waals surface area (Å²) in [5, 5.41) is 109. The number of carbonyl (C=O) groups excluding carboxylic acids is 3. The zero-order valence-electron chi connectivity index (χ0n) is 36.9. The number of rotatable bonds is 31. The van der Waals surface area contributed by atoms with Gasteiger partial charge in [0.1, 0.15) is 79.3 Å². The van der Waals surface area contributed by atoms with E-state index in [9.17, 15) is 65.4 Å². The van der Waals surface area contributed by atoms with Gasteiger partial charge in [-0.05, 0) is 19.3 Å². The maximum absolute atomic E-state index is 13.4. The predicted molar refractivity (Wildman–Crippen MR) is 226 cm³/mol. The van der Waals surface area contributed by atoms with E-state index in [2.05, 4.69) is 24.1 Å². The third kappa shape index (κ3) is 17.8. The van der Waals surface area contributed by atoms with E-state index in [1.54, 1.807) is 6.08 Å². The number of carbonyl (C=O) groups is 3. The molecule has 0 unspecified atom stereocenters. The Morgan fingerprint density at radius 3 is 1.77 bits per heavy atom. The van der Waals surface area contributed by atoms with E-state index in [4.69, 9.17) is 28.4 Å². The van der Waals surface area contributed by atoms with Crippen molar-refractivity contribution in [1.29, 1.82) is 0 Å². The lowest BCUT2D eigenvalue weighted by Gasteiger charge is -2.46. The van der Waals surface area contributed by atoms with E-state index >= 15 is 0 Å². The molecule has 2 amide bonds. The first kappa shape index (κ1) is 56.1. The zero-order chi connectivity index (χ0) is 47.2. The molecule has 1 radical (unpaired) electrons. The SMILES string of the molecule is C=CC[B]C(=O)CC[C@H](NC(=O)CCCCCCCCCCCCC)C(=O)NCCO[C@H]1O[C@H](CO[C@H]2O[C@H](CO)[C@@H](O)[C@H](O)[C@@H]2O)[C@@H](O)[C@H](O[C@H]2O[C@H](CO)[C@@H](O)[C@H](O)[C@@H]2O)[C@@H]1O. The summed E-state index contributed by atoms with van der Waals surface area (Å²) in [4.78, 5) is 38.7. The van der Waals surface area contributed by atoms with Crippen LogP contribution < -0.4 is 10.6 Å². The number of allylic oxidation sites excluding steroid dienone is 1. The second-order valence-electron chi connectivity index (χ2n) is 16.7. The summed E-state index contributed by atoms with van der Waals surface area (Å²) in [6.07, 6.45) is -11.3. The first-order chi connectivity index (χ1) is 30.7. The van der Waals surface area contributed by atoms with Crippen LogP contribution in [0, 0.1) is 0 Å². The van der Waals surface area contributed by atoms with Crippen molar-refractivity contribution >= 4 is 24.8 Å². The number of hydrogen-bond donors (Lipinski definition) is 12. The van der Waals surface area contributed by atoms with Gasteiger partial charge in [0.25, 0.3) is 0 Å². The molecule has 369 valence electrons. The fraction of sp³-hybridized carbons (Fsp3) is 0.881. The molecule has 0 aliphatic carbocycles. The minimum Gasteiger partial charge on any atom is -0.394 e. The van der Waals surface area contributed by atoms with Crippen LogP contribution in [0.15, 0.2) is 12.7 Å². The average molecular weight is 922 g/mol. The van der Waals surface area contributed by atoms with Gasteiger partial charge in [-0.2, -0.15) is 0 Å². The van der Waals surface area contributed by atoms with Crippen molar-refractivity contribution in [3.05, 3.63) is 12.7 Å². The lowest BCUT2D eigenvalue weighted by molar-refractivity contribution is -0.366. The molecule has 3 fully saturated rings. The van der Waals surface area contributed by atoms with Crippen LogP contribution in [0.5, 0.6) is 0 Å². The van der Waals surface area contributed by atoms with Crippen molar-refractivity contribution in [1.82, 2.24) is 10.6 Å². The van der Waals surface area contributed by atoms with Crippen LogP contribution in [-0.2, 0) is 42.8 Å². The van der Waals surface area contributed by atoms with Crippen LogP contribution in [0.3, 0.4) is 0 Å². The first-order valence-electron chi connectivity index (χ1n) is 22.7. The van der Waals surface area contributed by atoms with Crippen LogP contribution in [0.2, 0.25) is 6.32 Å². The van der Waals surface area contributed by atoms with Gasteiger partial charge >= 0.3 is 0 Å². The highest BCUT2D eigenvalue weighted by Crippen LogP contribution is 2.31. The summed E-state index contributed by atoms with van der Waals surface area (Å²) in [7, 11) is 1.44. The van der Waals surface area contributed by atoms with E-state index in [0.29, 0.717) is 12.7 Å². The number of aliphatic hydroxyl groups excluding tert-OH is 10. The van der Waals surface area contributed by atoms with Crippen molar-refractivity contribution in [3.63, 3.8) is 0 Å². The van der Waals surface area contributed by atoms with Crippen molar-refractivity contribution in [2.45, 2.75) is 201 Å². The van der Waals surface area contributed by atoms with Gasteiger partial charge < -0.3 is 94.9 Å². The number of amides is 2. The molecule has 3 aliphatic rings. The molecule has 0 aromatic heterocycles. The maximum atomic E-state index is 13.4. The number of ether oxygens (including phenoxy) is 6. The highest BCUT2D eigenvalue weighted by atomic mass is 16.7. The number of aliphatic hydroxyl groups is 10. The van der Waals surface area contributed by atoms with Gasteiger partial charge in [0.2, 0.25) is 19.1 Å². The fourth-order valence-electron chi connectivity index (χ4n) is 7.63. The number of nitrogens with one attached hydrogen (secondary N) is 2. The zero-order valence-corrected chi connectivity index (χ0v) is 36.9. The number of hydrogen-bond acceptors (Lipinski definition) is 19. The minimum absolute atomic E-state index is 0.0125. The van der Waals surface area contributed by atoms with Gasteiger partial charge in [-0.1, -0.05) is 83.5 Å². The Kier molecular flexibility index (Phi) is 26.5. The van der Waals surface area contributed by atoms with Crippen LogP contribution >= 0.6 is 0 Å². The molecule has 3 saturated heterocycles. The highest BCUT2D eigenvalue weighted by molar-refractivity contribution is 6.74. The van der Waals surface area contributed by atoms with E-state index in [1.165, 1.54) is 45.8 Å². The van der Waals surface area contributed by atoms with E-state index in [0.717, 1.165) is 25.7 Å². The molecular formula is C42H74BN2O19. The monoisotopic (exact) mass is 921 g/mol. The maximum Gasteiger partial charge on any atom is 0.242 e. The molecule has 0 spiro atoms. The lowest BCUT2D eigenvalue weighted by atomic mass is 9.68. The van der Waals surface area contributed by atoms with E-state index < -0.39 is 124 Å². The van der Waals surface area contributed by atoms with Gasteiger partial charge in [0.15, 0.2) is 18.9 Å². The third-order valence-electron chi connectivity index (χ3n) is 11.6. The third-order valence-corrected chi connectivity index (χ3v) is 11.6. The Hall–Kier alpha value is -2.23. The molecule has 21 nitrogen and oxygen atoms in total. The summed E-state index contributed by atoms with van der Waals surface area (Å²) in [6.45, 7) is 3.02. The molecule has 12 N–H and O–H groups in total. The summed E-state index contributed by atoms with van der Waals surface area (Å²) < 4.78 is 33.6. The van der Waals surface area contributed by atoms with E-state index in [-0.39, 0.29) is 44.0 Å². The second kappa shape index (κ2) is 30.2. The molecule has 3 rings (SSSR count). The average Bonchev–Trinajstić information content (AvgIpc) is 3.28. The topological polar surface area (TPSA) is 333 Å². The molecule has 0 bridgehead atoms. The quantitative estimate of drug-likeness (QED) is 0.0192. The van der Waals surface area contributed by atoms with Crippen molar-refractivity contribution in [2.24, 2.45) is 0 Å². The summed E-state index contributed by atoms with van der Waals surface area (Å²) >= 11 is 0. The molecule has 22 heteroatoms. The second-order valence-corrected chi connectivity index (χ2v) is 16.7. The minimum atomic E-state index is -1.93. The molecule has 16 atom stereocenters. The molecule has 0 aromatic rings. The molecule has 64 heavy (non-hydrogen) atoms. The smallest absolute Gasteiger partial charge is 0.242 e. The Labute approximate surface area is 375 Å². The van der Waals surface area contributed by atoms with Gasteiger partial charge in [0.05, 0.1) is 32.1 Å². The number of unbranched alkanes of at least 4 members (excludes halogenated alkanes) is 10. The summed E-state index contributed by atoms with van der Waals surface area (Å²) in [6, 6.07) is -1.06. The first-order valence-corrected chi connectivity index (χ1v) is 22.7. The van der Waals surface area contributed by atoms with Crippen LogP contribution in [-0.4, -0.2) is 207 Å². The molecule has 3 aliphatic heterocycles. The van der Waals surface area contributed by atoms with Gasteiger partial charge in [-0.15, -0.1) is 6.58 Å². The van der Waals surface area contributed by atoms with Crippen LogP contribution in [0.1, 0.15) is 96.8 Å². The van der Waals surface area contributed by atoms with Gasteiger partial charge in [-0.3, -0.25) is 9.59 Å². The Morgan fingerprint density at radius 1 is 0.656 bits per heavy atom. The summed E-state index contributed by atoms with van der Waals surface area (Å²) in [5.41, 5.74) is -0.225.